The number of aromatic nitrogens is 4. The van der Waals surface area contributed by atoms with Gasteiger partial charge in [0.1, 0.15) is 5.56 Å². The highest BCUT2D eigenvalue weighted by Crippen LogP contribution is 2.23. The number of esters is 1. The molecule has 30 heavy (non-hydrogen) atoms. The largest absolute Gasteiger partial charge is 0.462 e. The molecular weight excluding hydrogens is 380 g/mol. The molecule has 158 valence electrons. The Morgan fingerprint density at radius 1 is 1.13 bits per heavy atom. The molecule has 1 aromatic carbocycles. The van der Waals surface area contributed by atoms with Crippen LogP contribution in [0.1, 0.15) is 42.5 Å². The van der Waals surface area contributed by atoms with E-state index in [2.05, 4.69) is 39.1 Å². The van der Waals surface area contributed by atoms with E-state index in [-0.39, 0.29) is 12.2 Å². The number of benzene rings is 1. The van der Waals surface area contributed by atoms with Gasteiger partial charge in [-0.1, -0.05) is 0 Å². The van der Waals surface area contributed by atoms with E-state index in [0.717, 1.165) is 35.9 Å². The Balaban J connectivity index is 1.97. The van der Waals surface area contributed by atoms with Crippen molar-refractivity contribution in [2.75, 3.05) is 29.9 Å². The summed E-state index contributed by atoms with van der Waals surface area (Å²) in [5.41, 5.74) is 4.00. The molecule has 0 atom stereocenters. The summed E-state index contributed by atoms with van der Waals surface area (Å²) in [6.07, 6.45) is 1.48. The fourth-order valence-electron chi connectivity index (χ4n) is 3.24. The van der Waals surface area contributed by atoms with E-state index in [1.54, 1.807) is 11.6 Å². The van der Waals surface area contributed by atoms with E-state index in [0.29, 0.717) is 11.8 Å². The third-order valence-corrected chi connectivity index (χ3v) is 4.73. The average Bonchev–Trinajstić information content (AvgIpc) is 3.08. The summed E-state index contributed by atoms with van der Waals surface area (Å²) < 4.78 is 6.82. The quantitative estimate of drug-likeness (QED) is 0.563. The number of nitrogens with zero attached hydrogens (tertiary/aromatic N) is 5. The normalized spacial score (nSPS) is 10.7. The van der Waals surface area contributed by atoms with Crippen LogP contribution in [0.2, 0.25) is 0 Å². The van der Waals surface area contributed by atoms with Crippen LogP contribution >= 0.6 is 0 Å². The number of rotatable bonds is 8. The second-order valence-electron chi connectivity index (χ2n) is 6.84. The molecule has 0 amide bonds. The molecule has 2 aromatic heterocycles. The molecule has 0 spiro atoms. The Labute approximate surface area is 176 Å². The van der Waals surface area contributed by atoms with Gasteiger partial charge in [0.2, 0.25) is 0 Å². The van der Waals surface area contributed by atoms with Crippen LogP contribution in [0.3, 0.4) is 0 Å². The highest BCUT2D eigenvalue weighted by molar-refractivity contribution is 5.95. The van der Waals surface area contributed by atoms with Crippen LogP contribution in [0.4, 0.5) is 17.2 Å². The number of aryl methyl sites for hydroxylation is 2. The molecule has 3 aromatic rings. The number of hydrogen-bond acceptors (Lipinski definition) is 7. The van der Waals surface area contributed by atoms with Gasteiger partial charge in [-0.05, 0) is 65.0 Å². The summed E-state index contributed by atoms with van der Waals surface area (Å²) in [5, 5.41) is 7.67. The van der Waals surface area contributed by atoms with Gasteiger partial charge in [0.05, 0.1) is 12.3 Å². The fraction of sp³-hybridized carbons (Fsp3) is 0.364. The van der Waals surface area contributed by atoms with Crippen LogP contribution in [0.5, 0.6) is 0 Å². The molecule has 2 heterocycles. The van der Waals surface area contributed by atoms with Crippen LogP contribution < -0.4 is 10.2 Å². The van der Waals surface area contributed by atoms with Crippen molar-refractivity contribution in [2.24, 2.45) is 0 Å². The molecule has 3 rings (SSSR count). The highest BCUT2D eigenvalue weighted by atomic mass is 16.5. The molecule has 0 saturated carbocycles. The van der Waals surface area contributed by atoms with Gasteiger partial charge >= 0.3 is 5.97 Å². The first-order valence-corrected chi connectivity index (χ1v) is 10.2. The lowest BCUT2D eigenvalue weighted by Crippen LogP contribution is -2.21. The van der Waals surface area contributed by atoms with E-state index >= 15 is 0 Å². The monoisotopic (exact) mass is 408 g/mol. The Bertz CT molecular complexity index is 1010. The zero-order chi connectivity index (χ0) is 21.7. The lowest BCUT2D eigenvalue weighted by atomic mass is 10.2. The van der Waals surface area contributed by atoms with E-state index in [9.17, 15) is 4.79 Å². The first-order valence-electron chi connectivity index (χ1n) is 10.2. The molecule has 1 N–H and O–H groups in total. The molecule has 0 aliphatic rings. The summed E-state index contributed by atoms with van der Waals surface area (Å²) in [4.78, 5) is 23.6. The van der Waals surface area contributed by atoms with Crippen LogP contribution in [0.25, 0.3) is 5.95 Å². The summed E-state index contributed by atoms with van der Waals surface area (Å²) in [6, 6.07) is 9.97. The maximum Gasteiger partial charge on any atom is 0.343 e. The summed E-state index contributed by atoms with van der Waals surface area (Å²) in [5.74, 6) is 0.289. The maximum atomic E-state index is 12.4. The van der Waals surface area contributed by atoms with Gasteiger partial charge in [0, 0.05) is 36.4 Å². The van der Waals surface area contributed by atoms with Gasteiger partial charge in [0.15, 0.2) is 5.82 Å². The van der Waals surface area contributed by atoms with Crippen molar-refractivity contribution < 1.29 is 9.53 Å². The fourth-order valence-corrected chi connectivity index (χ4v) is 3.24. The van der Waals surface area contributed by atoms with Crippen molar-refractivity contribution in [3.63, 3.8) is 0 Å². The first kappa shape index (κ1) is 21.3. The number of nitrogens with one attached hydrogen (secondary N) is 1. The molecule has 0 bridgehead atoms. The van der Waals surface area contributed by atoms with Crippen LogP contribution in [-0.4, -0.2) is 45.4 Å². The number of carbonyl (C=O) groups excluding carboxylic acids is 1. The molecule has 8 nitrogen and oxygen atoms in total. The smallest absolute Gasteiger partial charge is 0.343 e. The Kier molecular flexibility index (Phi) is 6.66. The highest BCUT2D eigenvalue weighted by Gasteiger charge is 2.18. The maximum absolute atomic E-state index is 12.4. The lowest BCUT2D eigenvalue weighted by Gasteiger charge is -2.21. The molecule has 0 aliphatic heterocycles. The van der Waals surface area contributed by atoms with Crippen molar-refractivity contribution >= 4 is 23.2 Å². The van der Waals surface area contributed by atoms with Gasteiger partial charge in [-0.25, -0.2) is 14.5 Å². The van der Waals surface area contributed by atoms with Gasteiger partial charge in [-0.2, -0.15) is 10.1 Å². The number of hydrogen-bond donors (Lipinski definition) is 1. The Morgan fingerprint density at radius 2 is 1.83 bits per heavy atom. The minimum absolute atomic E-state index is 0.273. The van der Waals surface area contributed by atoms with Gasteiger partial charge < -0.3 is 15.0 Å². The van der Waals surface area contributed by atoms with Crippen molar-refractivity contribution in [1.29, 1.82) is 0 Å². The van der Waals surface area contributed by atoms with Gasteiger partial charge in [-0.3, -0.25) is 0 Å². The number of ether oxygens (including phenoxy) is 1. The Morgan fingerprint density at radius 3 is 2.40 bits per heavy atom. The second kappa shape index (κ2) is 9.39. The SMILES string of the molecule is CCOC(=O)c1cnc(-n2nc(C)cc2C)nc1Nc1ccc(N(CC)CC)cc1. The second-order valence-corrected chi connectivity index (χ2v) is 6.84. The minimum atomic E-state index is -0.473. The molecule has 0 fully saturated rings. The van der Waals surface area contributed by atoms with Gasteiger partial charge in [-0.15, -0.1) is 0 Å². The van der Waals surface area contributed by atoms with Crippen molar-refractivity contribution in [2.45, 2.75) is 34.6 Å². The molecule has 0 radical (unpaired) electrons. The van der Waals surface area contributed by atoms with Crippen molar-refractivity contribution in [1.82, 2.24) is 19.7 Å². The lowest BCUT2D eigenvalue weighted by molar-refractivity contribution is 0.0526. The summed E-state index contributed by atoms with van der Waals surface area (Å²) in [7, 11) is 0. The molecule has 8 heteroatoms. The van der Waals surface area contributed by atoms with Crippen molar-refractivity contribution in [3.8, 4) is 5.95 Å². The molecule has 0 saturated heterocycles. The third kappa shape index (κ3) is 4.59. The Hall–Kier alpha value is -3.42. The van der Waals surface area contributed by atoms with Crippen LogP contribution in [-0.2, 0) is 4.74 Å². The zero-order valence-electron chi connectivity index (χ0n) is 18.1. The predicted molar refractivity (Wildman–Crippen MR) is 118 cm³/mol. The first-order chi connectivity index (χ1) is 14.5. The average molecular weight is 409 g/mol. The predicted octanol–water partition coefficient (Wildman–Crippen LogP) is 4.05. The standard InChI is InChI=1S/C22H28N6O2/c1-6-27(7-2)18-11-9-17(10-12-18)24-20-19(21(29)30-8-3)14-23-22(25-20)28-16(5)13-15(4)26-28/h9-14H,6-8H2,1-5H3,(H,23,24,25). The summed E-state index contributed by atoms with van der Waals surface area (Å²) >= 11 is 0. The summed E-state index contributed by atoms with van der Waals surface area (Å²) in [6.45, 7) is 12.0. The number of anilines is 3. The third-order valence-electron chi connectivity index (χ3n) is 4.73. The van der Waals surface area contributed by atoms with E-state index < -0.39 is 5.97 Å². The van der Waals surface area contributed by atoms with Crippen molar-refractivity contribution in [3.05, 3.63) is 53.5 Å². The van der Waals surface area contributed by atoms with Crippen LogP contribution in [0.15, 0.2) is 36.5 Å². The zero-order valence-corrected chi connectivity index (χ0v) is 18.1. The molecular formula is C22H28N6O2. The molecule has 0 aliphatic carbocycles. The molecule has 0 unspecified atom stereocenters. The van der Waals surface area contributed by atoms with Crippen LogP contribution in [0, 0.1) is 13.8 Å². The van der Waals surface area contributed by atoms with Gasteiger partial charge in [0.25, 0.3) is 5.95 Å². The minimum Gasteiger partial charge on any atom is -0.462 e. The topological polar surface area (TPSA) is 85.2 Å². The number of carbonyl (C=O) groups is 1. The van der Waals surface area contributed by atoms with E-state index in [1.165, 1.54) is 6.20 Å². The van der Waals surface area contributed by atoms with E-state index in [4.69, 9.17) is 4.74 Å². The van der Waals surface area contributed by atoms with E-state index in [1.807, 2.05) is 44.2 Å².